The van der Waals surface area contributed by atoms with Crippen LogP contribution >= 0.6 is 0 Å². The summed E-state index contributed by atoms with van der Waals surface area (Å²) >= 11 is 0. The van der Waals surface area contributed by atoms with Crippen LogP contribution in [0.3, 0.4) is 0 Å². The fourth-order valence-electron chi connectivity index (χ4n) is 2.30. The Morgan fingerprint density at radius 3 is 2.87 bits per heavy atom. The second-order valence-corrected chi connectivity index (χ2v) is 4.28. The average molecular weight is 205 g/mol. The highest BCUT2D eigenvalue weighted by Gasteiger charge is 2.10. The third kappa shape index (κ3) is 2.80. The van der Waals surface area contributed by atoms with Crippen LogP contribution < -0.4 is 5.90 Å². The van der Waals surface area contributed by atoms with E-state index in [0.29, 0.717) is 6.61 Å². The molecule has 1 aliphatic rings. The van der Waals surface area contributed by atoms with Crippen LogP contribution in [0.15, 0.2) is 18.2 Å². The lowest BCUT2D eigenvalue weighted by atomic mass is 10.0. The van der Waals surface area contributed by atoms with E-state index in [4.69, 9.17) is 5.90 Å². The quantitative estimate of drug-likeness (QED) is 0.591. The standard InChI is InChI=1S/C13H19NO/c14-15-9-2-1-4-11-7-8-12-5-3-6-13(12)10-11/h7-8,10H,1-6,9,14H2. The van der Waals surface area contributed by atoms with Gasteiger partial charge in [-0.1, -0.05) is 18.2 Å². The van der Waals surface area contributed by atoms with Crippen molar-refractivity contribution in [3.8, 4) is 0 Å². The van der Waals surface area contributed by atoms with Gasteiger partial charge in [0.15, 0.2) is 0 Å². The Hall–Kier alpha value is -0.860. The van der Waals surface area contributed by atoms with E-state index in [1.807, 2.05) is 0 Å². The highest BCUT2D eigenvalue weighted by Crippen LogP contribution is 2.23. The summed E-state index contributed by atoms with van der Waals surface area (Å²) in [5.74, 6) is 4.98. The van der Waals surface area contributed by atoms with Gasteiger partial charge in [0.2, 0.25) is 0 Å². The van der Waals surface area contributed by atoms with Gasteiger partial charge in [0, 0.05) is 0 Å². The Balaban J connectivity index is 1.87. The summed E-state index contributed by atoms with van der Waals surface area (Å²) in [5.41, 5.74) is 4.60. The first kappa shape index (κ1) is 10.7. The minimum absolute atomic E-state index is 0.672. The topological polar surface area (TPSA) is 35.2 Å². The normalized spacial score (nSPS) is 14.2. The van der Waals surface area contributed by atoms with Gasteiger partial charge in [-0.05, 0) is 55.2 Å². The fourth-order valence-corrected chi connectivity index (χ4v) is 2.30. The highest BCUT2D eigenvalue weighted by molar-refractivity contribution is 5.35. The van der Waals surface area contributed by atoms with Crippen LogP contribution in [0.1, 0.15) is 36.0 Å². The second kappa shape index (κ2) is 5.29. The zero-order chi connectivity index (χ0) is 10.5. The fraction of sp³-hybridized carbons (Fsp3) is 0.538. The van der Waals surface area contributed by atoms with Crippen LogP contribution in [0.25, 0.3) is 0 Å². The van der Waals surface area contributed by atoms with Crippen molar-refractivity contribution in [1.82, 2.24) is 0 Å². The average Bonchev–Trinajstić information content (AvgIpc) is 2.71. The molecule has 0 amide bonds. The third-order valence-corrected chi connectivity index (χ3v) is 3.14. The maximum Gasteiger partial charge on any atom is 0.0679 e. The van der Waals surface area contributed by atoms with Crippen LogP contribution in [0.5, 0.6) is 0 Å². The predicted octanol–water partition coefficient (Wildman–Crippen LogP) is 2.39. The maximum atomic E-state index is 4.98. The lowest BCUT2D eigenvalue weighted by molar-refractivity contribution is 0.134. The van der Waals surface area contributed by atoms with E-state index in [1.165, 1.54) is 24.8 Å². The highest BCUT2D eigenvalue weighted by atomic mass is 16.6. The van der Waals surface area contributed by atoms with Crippen molar-refractivity contribution in [2.75, 3.05) is 6.61 Å². The number of aryl methyl sites for hydroxylation is 3. The molecule has 0 heterocycles. The zero-order valence-electron chi connectivity index (χ0n) is 9.17. The van der Waals surface area contributed by atoms with Crippen molar-refractivity contribution in [2.24, 2.45) is 5.90 Å². The van der Waals surface area contributed by atoms with Gasteiger partial charge in [0.25, 0.3) is 0 Å². The van der Waals surface area contributed by atoms with Crippen molar-refractivity contribution < 1.29 is 4.84 Å². The maximum absolute atomic E-state index is 4.98. The number of benzene rings is 1. The summed E-state index contributed by atoms with van der Waals surface area (Å²) in [5, 5.41) is 0. The smallest absolute Gasteiger partial charge is 0.0679 e. The van der Waals surface area contributed by atoms with E-state index in [2.05, 4.69) is 23.0 Å². The number of hydrogen-bond donors (Lipinski definition) is 1. The van der Waals surface area contributed by atoms with Gasteiger partial charge in [-0.25, -0.2) is 5.90 Å². The molecule has 0 aromatic heterocycles. The minimum atomic E-state index is 0.672. The van der Waals surface area contributed by atoms with Crippen LogP contribution in [-0.4, -0.2) is 6.61 Å². The number of nitrogens with two attached hydrogens (primary N) is 1. The molecule has 0 saturated heterocycles. The SMILES string of the molecule is NOCCCCc1ccc2c(c1)CCC2. The van der Waals surface area contributed by atoms with Gasteiger partial charge in [-0.15, -0.1) is 0 Å². The molecular formula is C13H19NO. The summed E-state index contributed by atoms with van der Waals surface area (Å²) in [7, 11) is 0. The van der Waals surface area contributed by atoms with Gasteiger partial charge in [0.1, 0.15) is 0 Å². The Morgan fingerprint density at radius 1 is 1.13 bits per heavy atom. The van der Waals surface area contributed by atoms with Gasteiger partial charge in [-0.2, -0.15) is 0 Å². The summed E-state index contributed by atoms with van der Waals surface area (Å²) in [6, 6.07) is 6.95. The molecule has 2 nitrogen and oxygen atoms in total. The van der Waals surface area contributed by atoms with Gasteiger partial charge < -0.3 is 4.84 Å². The molecule has 2 rings (SSSR count). The Bertz CT molecular complexity index is 322. The van der Waals surface area contributed by atoms with E-state index < -0.39 is 0 Å². The molecule has 1 aliphatic carbocycles. The minimum Gasteiger partial charge on any atom is -0.305 e. The summed E-state index contributed by atoms with van der Waals surface area (Å²) < 4.78 is 0. The van der Waals surface area contributed by atoms with E-state index in [0.717, 1.165) is 19.3 Å². The van der Waals surface area contributed by atoms with Crippen molar-refractivity contribution in [1.29, 1.82) is 0 Å². The van der Waals surface area contributed by atoms with Gasteiger partial charge >= 0.3 is 0 Å². The molecule has 1 aromatic carbocycles. The van der Waals surface area contributed by atoms with Crippen LogP contribution in [0.4, 0.5) is 0 Å². The largest absolute Gasteiger partial charge is 0.305 e. The first-order valence-corrected chi connectivity index (χ1v) is 5.82. The summed E-state index contributed by atoms with van der Waals surface area (Å²) in [6.07, 6.45) is 7.24. The summed E-state index contributed by atoms with van der Waals surface area (Å²) in [6.45, 7) is 0.672. The lowest BCUT2D eigenvalue weighted by Crippen LogP contribution is -2.01. The molecule has 0 radical (unpaired) electrons. The van der Waals surface area contributed by atoms with Crippen molar-refractivity contribution in [3.05, 3.63) is 34.9 Å². The molecule has 0 unspecified atom stereocenters. The number of unbranched alkanes of at least 4 members (excludes halogenated alkanes) is 1. The molecule has 0 fully saturated rings. The Kier molecular flexibility index (Phi) is 3.75. The number of rotatable bonds is 5. The molecule has 0 spiro atoms. The van der Waals surface area contributed by atoms with Crippen LogP contribution in [0.2, 0.25) is 0 Å². The van der Waals surface area contributed by atoms with E-state index >= 15 is 0 Å². The van der Waals surface area contributed by atoms with E-state index in [-0.39, 0.29) is 0 Å². The van der Waals surface area contributed by atoms with Crippen molar-refractivity contribution in [3.63, 3.8) is 0 Å². The summed E-state index contributed by atoms with van der Waals surface area (Å²) in [4.78, 5) is 4.55. The number of hydrogen-bond acceptors (Lipinski definition) is 2. The molecule has 0 aliphatic heterocycles. The third-order valence-electron chi connectivity index (χ3n) is 3.14. The molecule has 82 valence electrons. The zero-order valence-corrected chi connectivity index (χ0v) is 9.17. The van der Waals surface area contributed by atoms with Gasteiger partial charge in [-0.3, -0.25) is 0 Å². The number of fused-ring (bicyclic) bond motifs is 1. The van der Waals surface area contributed by atoms with Crippen molar-refractivity contribution in [2.45, 2.75) is 38.5 Å². The van der Waals surface area contributed by atoms with Crippen LogP contribution in [-0.2, 0) is 24.1 Å². The Labute approximate surface area is 91.4 Å². The molecule has 1 aromatic rings. The molecule has 2 N–H and O–H groups in total. The molecular weight excluding hydrogens is 186 g/mol. The molecule has 15 heavy (non-hydrogen) atoms. The second-order valence-electron chi connectivity index (χ2n) is 4.28. The first-order chi connectivity index (χ1) is 7.40. The first-order valence-electron chi connectivity index (χ1n) is 5.82. The van der Waals surface area contributed by atoms with Crippen molar-refractivity contribution >= 4 is 0 Å². The molecule has 0 saturated carbocycles. The van der Waals surface area contributed by atoms with E-state index in [9.17, 15) is 0 Å². The van der Waals surface area contributed by atoms with Gasteiger partial charge in [0.05, 0.1) is 6.61 Å². The predicted molar refractivity (Wildman–Crippen MR) is 61.5 cm³/mol. The van der Waals surface area contributed by atoms with Crippen LogP contribution in [0, 0.1) is 0 Å². The molecule has 0 atom stereocenters. The Morgan fingerprint density at radius 2 is 2.00 bits per heavy atom. The molecule has 2 heteroatoms. The molecule has 0 bridgehead atoms. The monoisotopic (exact) mass is 205 g/mol. The lowest BCUT2D eigenvalue weighted by Gasteiger charge is -2.04. The van der Waals surface area contributed by atoms with E-state index in [1.54, 1.807) is 11.1 Å².